The summed E-state index contributed by atoms with van der Waals surface area (Å²) in [4.78, 5) is 35.8. The van der Waals surface area contributed by atoms with E-state index in [0.29, 0.717) is 0 Å². The number of rotatable bonds is 6. The fourth-order valence-electron chi connectivity index (χ4n) is 2.74. The van der Waals surface area contributed by atoms with Crippen molar-refractivity contribution >= 4 is 17.7 Å². The van der Waals surface area contributed by atoms with Crippen LogP contribution in [0, 0.1) is 17.8 Å². The largest absolute Gasteiger partial charge is 0.458 e. The topological polar surface area (TPSA) is 89.9 Å². The zero-order chi connectivity index (χ0) is 17.7. The van der Waals surface area contributed by atoms with Crippen LogP contribution >= 0.6 is 0 Å². The average molecular weight is 326 g/mol. The predicted octanol–water partition coefficient (Wildman–Crippen LogP) is 1.65. The van der Waals surface area contributed by atoms with Crippen LogP contribution < -0.4 is 0 Å². The Balaban J connectivity index is 3.12. The van der Waals surface area contributed by atoms with Crippen molar-refractivity contribution in [1.29, 1.82) is 0 Å². The molecule has 130 valence electrons. The predicted molar refractivity (Wildman–Crippen MR) is 83.4 cm³/mol. The van der Waals surface area contributed by atoms with Gasteiger partial charge in [0.2, 0.25) is 5.78 Å². The lowest BCUT2D eigenvalue weighted by Crippen LogP contribution is -2.48. The first-order valence-electron chi connectivity index (χ1n) is 7.89. The van der Waals surface area contributed by atoms with E-state index in [4.69, 9.17) is 9.47 Å². The van der Waals surface area contributed by atoms with E-state index in [1.165, 1.54) is 13.0 Å². The lowest BCUT2D eigenvalue weighted by atomic mass is 9.77. The molecule has 0 spiro atoms. The third-order valence-corrected chi connectivity index (χ3v) is 3.74. The van der Waals surface area contributed by atoms with Gasteiger partial charge >= 0.3 is 11.9 Å². The number of aliphatic hydroxyl groups excluding tert-OH is 1. The number of ether oxygens (including phenoxy) is 2. The van der Waals surface area contributed by atoms with E-state index < -0.39 is 42.5 Å². The van der Waals surface area contributed by atoms with E-state index >= 15 is 0 Å². The van der Waals surface area contributed by atoms with E-state index in [-0.39, 0.29) is 23.8 Å². The van der Waals surface area contributed by atoms with Gasteiger partial charge in [0, 0.05) is 24.8 Å². The lowest BCUT2D eigenvalue weighted by Gasteiger charge is -2.37. The van der Waals surface area contributed by atoms with Crippen molar-refractivity contribution in [2.24, 2.45) is 17.8 Å². The number of aliphatic hydroxyl groups is 1. The molecule has 0 heterocycles. The molecule has 0 amide bonds. The highest BCUT2D eigenvalue weighted by molar-refractivity contribution is 6.01. The highest BCUT2D eigenvalue weighted by atomic mass is 16.6. The van der Waals surface area contributed by atoms with Gasteiger partial charge in [-0.3, -0.25) is 14.4 Å². The minimum Gasteiger partial charge on any atom is -0.458 e. The second kappa shape index (κ2) is 8.24. The minimum atomic E-state index is -1.04. The van der Waals surface area contributed by atoms with Gasteiger partial charge < -0.3 is 14.6 Å². The highest BCUT2D eigenvalue weighted by Gasteiger charge is 2.44. The van der Waals surface area contributed by atoms with E-state index in [1.807, 2.05) is 27.7 Å². The summed E-state index contributed by atoms with van der Waals surface area (Å²) in [6.07, 6.45) is -0.0893. The Morgan fingerprint density at radius 3 is 2.26 bits per heavy atom. The summed E-state index contributed by atoms with van der Waals surface area (Å²) in [6, 6.07) is 0. The number of esters is 2. The van der Waals surface area contributed by atoms with Crippen LogP contribution in [-0.4, -0.2) is 41.6 Å². The Bertz CT molecular complexity index is 491. The van der Waals surface area contributed by atoms with Gasteiger partial charge in [-0.05, 0) is 17.9 Å². The molecule has 0 radical (unpaired) electrons. The zero-order valence-corrected chi connectivity index (χ0v) is 14.4. The molecule has 0 saturated carbocycles. The number of hydrogen-bond donors (Lipinski definition) is 1. The summed E-state index contributed by atoms with van der Waals surface area (Å²) in [6.45, 7) is 8.29. The molecule has 0 aromatic heterocycles. The monoisotopic (exact) mass is 326 g/mol. The van der Waals surface area contributed by atoms with Crippen molar-refractivity contribution in [2.75, 3.05) is 6.61 Å². The quantitative estimate of drug-likeness (QED) is 0.747. The summed E-state index contributed by atoms with van der Waals surface area (Å²) < 4.78 is 10.7. The minimum absolute atomic E-state index is 0.0587. The van der Waals surface area contributed by atoms with Crippen molar-refractivity contribution in [1.82, 2.24) is 0 Å². The average Bonchev–Trinajstić information content (AvgIpc) is 2.40. The van der Waals surface area contributed by atoms with Crippen LogP contribution in [0.15, 0.2) is 11.6 Å². The fraction of sp³-hybridized carbons (Fsp3) is 0.706. The summed E-state index contributed by atoms with van der Waals surface area (Å²) in [5.41, 5.74) is 0.107. The molecular formula is C17H26O6. The Labute approximate surface area is 136 Å². The van der Waals surface area contributed by atoms with Crippen LogP contribution in [0.5, 0.6) is 0 Å². The number of carbonyl (C=O) groups excluding carboxylic acids is 3. The molecule has 6 nitrogen and oxygen atoms in total. The summed E-state index contributed by atoms with van der Waals surface area (Å²) in [5.74, 6) is -1.81. The maximum absolute atomic E-state index is 12.5. The van der Waals surface area contributed by atoms with Gasteiger partial charge in [0.25, 0.3) is 0 Å². The van der Waals surface area contributed by atoms with Gasteiger partial charge in [0.05, 0.1) is 6.61 Å². The SMILES string of the molecule is CC(=O)O[C@@H]1C=C(CO)C(=O)[C@@H](OC(=O)CC(C)C)[C@@H]1C(C)C. The van der Waals surface area contributed by atoms with Gasteiger partial charge in [0.15, 0.2) is 6.10 Å². The summed E-state index contributed by atoms with van der Waals surface area (Å²) >= 11 is 0. The first kappa shape index (κ1) is 19.4. The molecule has 0 bridgehead atoms. The van der Waals surface area contributed by atoms with Crippen molar-refractivity contribution in [3.05, 3.63) is 11.6 Å². The first-order chi connectivity index (χ1) is 10.7. The van der Waals surface area contributed by atoms with Gasteiger partial charge in [-0.1, -0.05) is 27.7 Å². The highest BCUT2D eigenvalue weighted by Crippen LogP contribution is 2.32. The van der Waals surface area contributed by atoms with E-state index in [2.05, 4.69) is 0 Å². The van der Waals surface area contributed by atoms with E-state index in [0.717, 1.165) is 0 Å². The Kier molecular flexibility index (Phi) is 6.94. The number of carbonyl (C=O) groups is 3. The lowest BCUT2D eigenvalue weighted by molar-refractivity contribution is -0.167. The smallest absolute Gasteiger partial charge is 0.306 e. The number of ketones is 1. The zero-order valence-electron chi connectivity index (χ0n) is 14.4. The first-order valence-corrected chi connectivity index (χ1v) is 7.89. The van der Waals surface area contributed by atoms with Crippen LogP contribution in [0.3, 0.4) is 0 Å². The van der Waals surface area contributed by atoms with E-state index in [1.54, 1.807) is 0 Å². The number of Topliss-reactive ketones (excluding diaryl/α,β-unsaturated/α-hetero) is 1. The Morgan fingerprint density at radius 2 is 1.83 bits per heavy atom. The summed E-state index contributed by atoms with van der Waals surface area (Å²) in [7, 11) is 0. The molecule has 23 heavy (non-hydrogen) atoms. The van der Waals surface area contributed by atoms with Gasteiger partial charge in [-0.2, -0.15) is 0 Å². The fourth-order valence-corrected chi connectivity index (χ4v) is 2.74. The van der Waals surface area contributed by atoms with Crippen molar-refractivity contribution in [3.63, 3.8) is 0 Å². The maximum Gasteiger partial charge on any atom is 0.306 e. The summed E-state index contributed by atoms with van der Waals surface area (Å²) in [5, 5.41) is 9.37. The van der Waals surface area contributed by atoms with Crippen LogP contribution in [0.1, 0.15) is 41.0 Å². The third-order valence-electron chi connectivity index (χ3n) is 3.74. The molecular weight excluding hydrogens is 300 g/mol. The molecule has 1 N–H and O–H groups in total. The van der Waals surface area contributed by atoms with E-state index in [9.17, 15) is 19.5 Å². The molecule has 1 aliphatic rings. The second-order valence-electron chi connectivity index (χ2n) is 6.62. The molecule has 0 unspecified atom stereocenters. The van der Waals surface area contributed by atoms with Crippen molar-refractivity contribution < 1.29 is 29.0 Å². The second-order valence-corrected chi connectivity index (χ2v) is 6.62. The molecule has 0 aromatic rings. The van der Waals surface area contributed by atoms with Crippen LogP contribution in [0.2, 0.25) is 0 Å². The van der Waals surface area contributed by atoms with Gasteiger partial charge in [-0.25, -0.2) is 0 Å². The third kappa shape index (κ3) is 5.16. The molecule has 3 atom stereocenters. The maximum atomic E-state index is 12.5. The standard InChI is InChI=1S/C17H26O6/c1-9(2)6-14(20)23-17-15(10(3)4)13(22-11(5)19)7-12(8-18)16(17)21/h7,9-10,13,15,17-18H,6,8H2,1-5H3/t13-,15-,17+/m1/s1. The molecule has 6 heteroatoms. The molecule has 1 aliphatic carbocycles. The molecule has 0 saturated heterocycles. The normalized spacial score (nSPS) is 24.6. The molecule has 0 aromatic carbocycles. The Morgan fingerprint density at radius 1 is 1.22 bits per heavy atom. The molecule has 0 fully saturated rings. The molecule has 0 aliphatic heterocycles. The van der Waals surface area contributed by atoms with Gasteiger partial charge in [0.1, 0.15) is 6.10 Å². The van der Waals surface area contributed by atoms with Crippen LogP contribution in [0.4, 0.5) is 0 Å². The van der Waals surface area contributed by atoms with Crippen LogP contribution in [-0.2, 0) is 23.9 Å². The number of hydrogen-bond acceptors (Lipinski definition) is 6. The Hall–Kier alpha value is -1.69. The van der Waals surface area contributed by atoms with Crippen molar-refractivity contribution in [2.45, 2.75) is 53.2 Å². The molecule has 1 rings (SSSR count). The van der Waals surface area contributed by atoms with Crippen molar-refractivity contribution in [3.8, 4) is 0 Å². The van der Waals surface area contributed by atoms with Crippen LogP contribution in [0.25, 0.3) is 0 Å². The van der Waals surface area contributed by atoms with Gasteiger partial charge in [-0.15, -0.1) is 0 Å².